The average molecular weight is 197 g/mol. The lowest BCUT2D eigenvalue weighted by Crippen LogP contribution is -2.21. The summed E-state index contributed by atoms with van der Waals surface area (Å²) < 4.78 is 4.61. The zero-order valence-corrected chi connectivity index (χ0v) is 7.96. The van der Waals surface area contributed by atoms with Crippen molar-refractivity contribution in [1.29, 1.82) is 0 Å². The van der Waals surface area contributed by atoms with Gasteiger partial charge in [0.15, 0.2) is 11.3 Å². The van der Waals surface area contributed by atoms with Gasteiger partial charge in [-0.25, -0.2) is 4.79 Å². The standard InChI is InChI=1S/C9H11NO4/c1-3-5-7(11)6(8(12)10-5)9(13)14-4-2/h3,11H,4H2,1-2H3,(H,10,12)/b5-3+. The van der Waals surface area contributed by atoms with Crippen LogP contribution in [0.15, 0.2) is 23.1 Å². The highest BCUT2D eigenvalue weighted by molar-refractivity contribution is 6.19. The average Bonchev–Trinajstić information content (AvgIpc) is 2.41. The SMILES string of the molecule is C/C=C1/NC(=O)C(C(=O)OCC)=C1O. The van der Waals surface area contributed by atoms with Crippen molar-refractivity contribution in [3.8, 4) is 0 Å². The fourth-order valence-electron chi connectivity index (χ4n) is 1.09. The van der Waals surface area contributed by atoms with Crippen molar-refractivity contribution in [2.45, 2.75) is 13.8 Å². The number of aliphatic hydroxyl groups is 1. The van der Waals surface area contributed by atoms with Gasteiger partial charge < -0.3 is 15.2 Å². The molecule has 5 nitrogen and oxygen atoms in total. The van der Waals surface area contributed by atoms with Crippen LogP contribution in [0, 0.1) is 0 Å². The number of amides is 1. The second-order valence-corrected chi connectivity index (χ2v) is 2.60. The van der Waals surface area contributed by atoms with Gasteiger partial charge in [0.25, 0.3) is 5.91 Å². The maximum absolute atomic E-state index is 11.2. The van der Waals surface area contributed by atoms with Gasteiger partial charge in [0.2, 0.25) is 0 Å². The van der Waals surface area contributed by atoms with Gasteiger partial charge in [0.05, 0.1) is 12.3 Å². The first kappa shape index (κ1) is 10.3. The number of hydrogen-bond acceptors (Lipinski definition) is 4. The number of ether oxygens (including phenoxy) is 1. The molecule has 0 saturated carbocycles. The van der Waals surface area contributed by atoms with Crippen molar-refractivity contribution in [2.75, 3.05) is 6.61 Å². The Morgan fingerprint density at radius 1 is 1.64 bits per heavy atom. The largest absolute Gasteiger partial charge is 0.505 e. The second kappa shape index (κ2) is 3.95. The van der Waals surface area contributed by atoms with Gasteiger partial charge in [-0.2, -0.15) is 0 Å². The normalized spacial score (nSPS) is 18.7. The Morgan fingerprint density at radius 3 is 2.71 bits per heavy atom. The van der Waals surface area contributed by atoms with Crippen molar-refractivity contribution >= 4 is 11.9 Å². The maximum atomic E-state index is 11.2. The summed E-state index contributed by atoms with van der Waals surface area (Å²) in [4.78, 5) is 22.4. The van der Waals surface area contributed by atoms with Crippen molar-refractivity contribution in [3.63, 3.8) is 0 Å². The van der Waals surface area contributed by atoms with E-state index in [0.29, 0.717) is 0 Å². The van der Waals surface area contributed by atoms with Crippen LogP contribution in [-0.4, -0.2) is 23.6 Å². The number of nitrogens with one attached hydrogen (secondary N) is 1. The lowest BCUT2D eigenvalue weighted by atomic mass is 10.2. The van der Waals surface area contributed by atoms with E-state index in [2.05, 4.69) is 10.1 Å². The fourth-order valence-corrected chi connectivity index (χ4v) is 1.09. The Bertz CT molecular complexity index is 341. The number of allylic oxidation sites excluding steroid dienone is 1. The van der Waals surface area contributed by atoms with E-state index in [1.807, 2.05) is 0 Å². The van der Waals surface area contributed by atoms with E-state index < -0.39 is 11.9 Å². The van der Waals surface area contributed by atoms with Crippen LogP contribution < -0.4 is 5.32 Å². The van der Waals surface area contributed by atoms with Gasteiger partial charge in [0, 0.05) is 0 Å². The summed E-state index contributed by atoms with van der Waals surface area (Å²) in [6, 6.07) is 0. The minimum absolute atomic E-state index is 0.161. The number of aliphatic hydroxyl groups excluding tert-OH is 1. The van der Waals surface area contributed by atoms with Crippen molar-refractivity contribution in [1.82, 2.24) is 5.32 Å². The zero-order valence-electron chi connectivity index (χ0n) is 7.96. The molecule has 0 fully saturated rings. The second-order valence-electron chi connectivity index (χ2n) is 2.60. The molecule has 0 atom stereocenters. The minimum atomic E-state index is -0.806. The van der Waals surface area contributed by atoms with E-state index in [0.717, 1.165) is 0 Å². The van der Waals surface area contributed by atoms with Crippen LogP contribution >= 0.6 is 0 Å². The monoisotopic (exact) mass is 197 g/mol. The van der Waals surface area contributed by atoms with Gasteiger partial charge in [-0.3, -0.25) is 4.79 Å². The summed E-state index contributed by atoms with van der Waals surface area (Å²) in [5.74, 6) is -1.79. The summed E-state index contributed by atoms with van der Waals surface area (Å²) in [5, 5.41) is 11.8. The van der Waals surface area contributed by atoms with E-state index in [1.165, 1.54) is 6.08 Å². The molecule has 0 saturated heterocycles. The molecule has 0 radical (unpaired) electrons. The fraction of sp³-hybridized carbons (Fsp3) is 0.333. The molecular formula is C9H11NO4. The number of rotatable bonds is 2. The van der Waals surface area contributed by atoms with Gasteiger partial charge in [-0.15, -0.1) is 0 Å². The van der Waals surface area contributed by atoms with Gasteiger partial charge in [-0.05, 0) is 13.8 Å². The van der Waals surface area contributed by atoms with Crippen LogP contribution in [0.25, 0.3) is 0 Å². The Hall–Kier alpha value is -1.78. The number of hydrogen-bond donors (Lipinski definition) is 2. The molecule has 2 N–H and O–H groups in total. The summed E-state index contributed by atoms with van der Waals surface area (Å²) >= 11 is 0. The molecule has 1 rings (SSSR count). The van der Waals surface area contributed by atoms with E-state index in [-0.39, 0.29) is 23.6 Å². The summed E-state index contributed by atoms with van der Waals surface area (Å²) in [5.41, 5.74) is -0.0991. The van der Waals surface area contributed by atoms with Crippen LogP contribution in [0.2, 0.25) is 0 Å². The molecule has 0 spiro atoms. The first-order valence-electron chi connectivity index (χ1n) is 4.20. The molecule has 1 amide bonds. The van der Waals surface area contributed by atoms with Crippen LogP contribution in [0.5, 0.6) is 0 Å². The van der Waals surface area contributed by atoms with Crippen molar-refractivity contribution in [2.24, 2.45) is 0 Å². The third-order valence-corrected chi connectivity index (χ3v) is 1.74. The highest BCUT2D eigenvalue weighted by Crippen LogP contribution is 2.18. The van der Waals surface area contributed by atoms with E-state index >= 15 is 0 Å². The molecular weight excluding hydrogens is 186 g/mol. The Morgan fingerprint density at radius 2 is 2.29 bits per heavy atom. The third-order valence-electron chi connectivity index (χ3n) is 1.74. The van der Waals surface area contributed by atoms with E-state index in [9.17, 15) is 14.7 Å². The topological polar surface area (TPSA) is 75.6 Å². The number of esters is 1. The Kier molecular flexibility index (Phi) is 2.91. The molecule has 0 aromatic rings. The first-order valence-corrected chi connectivity index (χ1v) is 4.20. The molecule has 0 bridgehead atoms. The maximum Gasteiger partial charge on any atom is 0.347 e. The van der Waals surface area contributed by atoms with Crippen LogP contribution in [-0.2, 0) is 14.3 Å². The zero-order chi connectivity index (χ0) is 10.7. The Labute approximate surface area is 81.1 Å². The molecule has 1 aliphatic heterocycles. The summed E-state index contributed by atoms with van der Waals surface area (Å²) in [7, 11) is 0. The van der Waals surface area contributed by atoms with Gasteiger partial charge in [-0.1, -0.05) is 6.08 Å². The number of carbonyl (C=O) groups is 2. The predicted molar refractivity (Wildman–Crippen MR) is 48.2 cm³/mol. The van der Waals surface area contributed by atoms with Crippen LogP contribution in [0.4, 0.5) is 0 Å². The molecule has 1 heterocycles. The van der Waals surface area contributed by atoms with Gasteiger partial charge >= 0.3 is 5.97 Å². The highest BCUT2D eigenvalue weighted by atomic mass is 16.5. The summed E-state index contributed by atoms with van der Waals surface area (Å²) in [6.45, 7) is 3.42. The summed E-state index contributed by atoms with van der Waals surface area (Å²) in [6.07, 6.45) is 1.50. The number of carbonyl (C=O) groups excluding carboxylic acids is 2. The Balaban J connectivity index is 3.01. The smallest absolute Gasteiger partial charge is 0.347 e. The van der Waals surface area contributed by atoms with Crippen LogP contribution in [0.1, 0.15) is 13.8 Å². The first-order chi connectivity index (χ1) is 6.61. The van der Waals surface area contributed by atoms with Crippen molar-refractivity contribution in [3.05, 3.63) is 23.1 Å². The quantitative estimate of drug-likeness (QED) is 0.496. The van der Waals surface area contributed by atoms with E-state index in [1.54, 1.807) is 13.8 Å². The molecule has 76 valence electrons. The third kappa shape index (κ3) is 1.61. The van der Waals surface area contributed by atoms with Crippen molar-refractivity contribution < 1.29 is 19.4 Å². The molecule has 0 aromatic carbocycles. The lowest BCUT2D eigenvalue weighted by molar-refractivity contribution is -0.140. The van der Waals surface area contributed by atoms with Gasteiger partial charge in [0.1, 0.15) is 0 Å². The molecule has 1 aliphatic rings. The van der Waals surface area contributed by atoms with E-state index in [4.69, 9.17) is 0 Å². The predicted octanol–water partition coefficient (Wildman–Crippen LogP) is 0.395. The minimum Gasteiger partial charge on any atom is -0.505 e. The van der Waals surface area contributed by atoms with Crippen LogP contribution in [0.3, 0.4) is 0 Å². The molecule has 0 unspecified atom stereocenters. The highest BCUT2D eigenvalue weighted by Gasteiger charge is 2.32. The molecule has 0 aromatic heterocycles. The molecule has 14 heavy (non-hydrogen) atoms. The molecule has 0 aliphatic carbocycles. The lowest BCUT2D eigenvalue weighted by Gasteiger charge is -1.99. The molecule has 5 heteroatoms.